The van der Waals surface area contributed by atoms with Crippen LogP contribution in [0, 0.1) is 0 Å². The molecule has 18 heteroatoms. The summed E-state index contributed by atoms with van der Waals surface area (Å²) in [6.45, 7) is 2.36. The van der Waals surface area contributed by atoms with Crippen LogP contribution < -0.4 is 0 Å². The Morgan fingerprint density at radius 1 is 0.326 bits per heavy atom. The zero-order valence-electron chi connectivity index (χ0n) is 55.1. The third kappa shape index (κ3) is 65.3. The summed E-state index contributed by atoms with van der Waals surface area (Å²) in [6, 6.07) is 0. The van der Waals surface area contributed by atoms with E-state index in [0.29, 0.717) is 19.3 Å². The highest BCUT2D eigenvalue weighted by Crippen LogP contribution is 2.45. The van der Waals surface area contributed by atoms with Gasteiger partial charge in [-0.2, -0.15) is 0 Å². The Balaban J connectivity index is 4.64. The molecule has 0 aromatic rings. The lowest BCUT2D eigenvalue weighted by atomic mass is 10.1. The topological polar surface area (TPSA) is 231 Å². The van der Waals surface area contributed by atoms with Gasteiger partial charge in [0.2, 0.25) is 0 Å². The number of carbonyl (C=O) groups is 3. The SMILES string of the molecule is CC/C=C\C/C=C\C/C=C\C/C=C\C/C=C\C/C=C\CCCCCCC(=O)OCC(O)COP(=O)(O)OCC(O)COP(=O)(O)OCC(COC(=O)CCCCCCCCC/C=C\C/C=C\C/C=C\CC)OC(=O)CCCCCCC/C=C\CCCCCC. The molecule has 0 aromatic heterocycles. The van der Waals surface area contributed by atoms with Gasteiger partial charge in [0, 0.05) is 19.3 Å². The zero-order chi connectivity index (χ0) is 65.3. The van der Waals surface area contributed by atoms with Gasteiger partial charge in [-0.25, -0.2) is 9.13 Å². The Kier molecular flexibility index (Phi) is 61.2. The van der Waals surface area contributed by atoms with Gasteiger partial charge in [0.05, 0.1) is 26.4 Å². The molecule has 0 aliphatic heterocycles. The van der Waals surface area contributed by atoms with Crippen LogP contribution in [0.3, 0.4) is 0 Å². The molecule has 5 atom stereocenters. The first-order chi connectivity index (χ1) is 43.2. The zero-order valence-corrected chi connectivity index (χ0v) is 56.8. The predicted molar refractivity (Wildman–Crippen MR) is 362 cm³/mol. The van der Waals surface area contributed by atoms with Gasteiger partial charge in [0.1, 0.15) is 25.4 Å². The number of aliphatic hydroxyl groups is 2. The third-order valence-corrected chi connectivity index (χ3v) is 15.6. The number of allylic oxidation sites excluding steroid dienone is 20. The van der Waals surface area contributed by atoms with E-state index in [1.165, 1.54) is 25.7 Å². The van der Waals surface area contributed by atoms with Crippen molar-refractivity contribution < 1.29 is 75.8 Å². The minimum absolute atomic E-state index is 0.0896. The van der Waals surface area contributed by atoms with E-state index in [9.17, 15) is 43.5 Å². The first kappa shape index (κ1) is 85.0. The molecule has 0 fully saturated rings. The van der Waals surface area contributed by atoms with Gasteiger partial charge in [-0.1, -0.05) is 226 Å². The van der Waals surface area contributed by atoms with Crippen molar-refractivity contribution in [3.05, 3.63) is 122 Å². The molecule has 5 unspecified atom stereocenters. The molecule has 0 saturated carbocycles. The number of esters is 3. The van der Waals surface area contributed by atoms with E-state index in [1.54, 1.807) is 0 Å². The Morgan fingerprint density at radius 3 is 0.955 bits per heavy atom. The van der Waals surface area contributed by atoms with Crippen LogP contribution in [0.25, 0.3) is 0 Å². The Hall–Kier alpha value is -4.05. The number of phosphoric acid groups is 2. The third-order valence-electron chi connectivity index (χ3n) is 13.7. The number of rotatable bonds is 63. The Labute approximate surface area is 538 Å². The molecule has 0 amide bonds. The molecule has 0 aromatic carbocycles. The average molecular weight is 1290 g/mol. The average Bonchev–Trinajstić information content (AvgIpc) is 3.72. The van der Waals surface area contributed by atoms with Crippen LogP contribution in [0.2, 0.25) is 0 Å². The molecular weight excluding hydrogens is 1170 g/mol. The second-order valence-electron chi connectivity index (χ2n) is 22.2. The number of carbonyl (C=O) groups excluding carboxylic acids is 3. The molecule has 0 bridgehead atoms. The quantitative estimate of drug-likeness (QED) is 0.0146. The lowest BCUT2D eigenvalue weighted by Gasteiger charge is -2.21. The lowest BCUT2D eigenvalue weighted by molar-refractivity contribution is -0.161. The number of hydrogen-bond donors (Lipinski definition) is 4. The van der Waals surface area contributed by atoms with Gasteiger partial charge in [0.25, 0.3) is 0 Å². The predicted octanol–water partition coefficient (Wildman–Crippen LogP) is 18.6. The Bertz CT molecular complexity index is 2110. The molecule has 0 radical (unpaired) electrons. The molecule has 0 rings (SSSR count). The van der Waals surface area contributed by atoms with Crippen LogP contribution in [0.15, 0.2) is 122 Å². The maximum atomic E-state index is 12.9. The van der Waals surface area contributed by atoms with Crippen molar-refractivity contribution in [2.75, 3.05) is 39.6 Å². The molecule has 0 aliphatic carbocycles. The second kappa shape index (κ2) is 64.1. The normalized spacial score (nSPS) is 15.0. The number of unbranched alkanes of at least 4 members (excludes halogenated alkanes) is 20. The first-order valence-corrected chi connectivity index (χ1v) is 36.8. The van der Waals surface area contributed by atoms with Crippen molar-refractivity contribution in [1.29, 1.82) is 0 Å². The highest BCUT2D eigenvalue weighted by atomic mass is 31.2. The highest BCUT2D eigenvalue weighted by molar-refractivity contribution is 7.47. The van der Waals surface area contributed by atoms with E-state index >= 15 is 0 Å². The minimum Gasteiger partial charge on any atom is -0.463 e. The van der Waals surface area contributed by atoms with Gasteiger partial charge in [-0.3, -0.25) is 32.5 Å². The molecule has 16 nitrogen and oxygen atoms in total. The van der Waals surface area contributed by atoms with E-state index in [4.69, 9.17) is 32.3 Å². The maximum absolute atomic E-state index is 12.9. The summed E-state index contributed by atoms with van der Waals surface area (Å²) in [5, 5.41) is 20.5. The van der Waals surface area contributed by atoms with Crippen LogP contribution >= 0.6 is 15.6 Å². The molecule has 89 heavy (non-hydrogen) atoms. The van der Waals surface area contributed by atoms with E-state index in [1.807, 2.05) is 0 Å². The van der Waals surface area contributed by atoms with Crippen molar-refractivity contribution in [2.45, 2.75) is 270 Å². The number of ether oxygens (including phenoxy) is 3. The lowest BCUT2D eigenvalue weighted by Crippen LogP contribution is -2.30. The number of phosphoric ester groups is 2. The number of aliphatic hydroxyl groups excluding tert-OH is 2. The van der Waals surface area contributed by atoms with Crippen LogP contribution in [-0.4, -0.2) is 95.9 Å². The van der Waals surface area contributed by atoms with Gasteiger partial charge >= 0.3 is 33.6 Å². The largest absolute Gasteiger partial charge is 0.472 e. The van der Waals surface area contributed by atoms with E-state index < -0.39 is 91.5 Å². The van der Waals surface area contributed by atoms with E-state index in [2.05, 4.69) is 142 Å². The van der Waals surface area contributed by atoms with Crippen molar-refractivity contribution in [2.24, 2.45) is 0 Å². The summed E-state index contributed by atoms with van der Waals surface area (Å²) < 4.78 is 60.8. The second-order valence-corrected chi connectivity index (χ2v) is 25.1. The molecule has 0 saturated heterocycles. The summed E-state index contributed by atoms with van der Waals surface area (Å²) >= 11 is 0. The summed E-state index contributed by atoms with van der Waals surface area (Å²) in [5.74, 6) is -1.62. The molecule has 4 N–H and O–H groups in total. The minimum atomic E-state index is -4.93. The van der Waals surface area contributed by atoms with Crippen LogP contribution in [0.4, 0.5) is 0 Å². The Morgan fingerprint density at radius 2 is 0.596 bits per heavy atom. The molecule has 0 aliphatic rings. The smallest absolute Gasteiger partial charge is 0.463 e. The van der Waals surface area contributed by atoms with Gasteiger partial charge in [0.15, 0.2) is 6.10 Å². The molecule has 0 spiro atoms. The van der Waals surface area contributed by atoms with Crippen molar-refractivity contribution in [3.63, 3.8) is 0 Å². The highest BCUT2D eigenvalue weighted by Gasteiger charge is 2.29. The van der Waals surface area contributed by atoms with E-state index in [-0.39, 0.29) is 19.3 Å². The standard InChI is InChI=1S/C71H120O16P2/c1-4-7-10-13-16-19-22-25-27-29-30-31-32-33-34-36-38-40-42-45-48-51-54-57-69(74)81-60-66(72)61-83-88(77,78)84-62-67(73)63-85-89(79,80)86-65-68(87-71(76)59-56-53-50-47-44-39-24-21-18-15-12-9-6-3)64-82-70(75)58-55-52-49-46-43-41-37-35-28-26-23-20-17-14-11-8-5-2/h7-8,10-11,16-17,19-21,24-28,30-31,33-34,38,40,66-68,72-73H,4-6,9,12-15,18,22-23,29,32,35-37,39,41-65H2,1-3H3,(H,77,78)(H,79,80)/b10-7-,11-8-,19-16-,20-17-,24-21-,27-25-,28-26-,31-30-,34-33-,40-38-. The molecule has 0 heterocycles. The van der Waals surface area contributed by atoms with Gasteiger partial charge in [-0.05, 0) is 128 Å². The molecule has 510 valence electrons. The van der Waals surface area contributed by atoms with Gasteiger partial charge < -0.3 is 34.2 Å². The van der Waals surface area contributed by atoms with Crippen LogP contribution in [0.5, 0.6) is 0 Å². The molecular formula is C71H120O16P2. The summed E-state index contributed by atoms with van der Waals surface area (Å²) in [7, 11) is -9.79. The van der Waals surface area contributed by atoms with Crippen molar-refractivity contribution in [1.82, 2.24) is 0 Å². The summed E-state index contributed by atoms with van der Waals surface area (Å²) in [5.41, 5.74) is 0. The first-order valence-electron chi connectivity index (χ1n) is 33.8. The fourth-order valence-electron chi connectivity index (χ4n) is 8.52. The number of hydrogen-bond acceptors (Lipinski definition) is 14. The van der Waals surface area contributed by atoms with Gasteiger partial charge in [-0.15, -0.1) is 0 Å². The van der Waals surface area contributed by atoms with Crippen molar-refractivity contribution >= 4 is 33.6 Å². The van der Waals surface area contributed by atoms with E-state index in [0.717, 1.165) is 167 Å². The van der Waals surface area contributed by atoms with Crippen LogP contribution in [0.1, 0.15) is 252 Å². The summed E-state index contributed by atoms with van der Waals surface area (Å²) in [4.78, 5) is 58.3. The van der Waals surface area contributed by atoms with Crippen LogP contribution in [-0.2, 0) is 55.8 Å². The summed E-state index contributed by atoms with van der Waals surface area (Å²) in [6.07, 6.45) is 72.5. The fraction of sp³-hybridized carbons (Fsp3) is 0.676. The fourth-order valence-corrected chi connectivity index (χ4v) is 10.1. The van der Waals surface area contributed by atoms with Crippen molar-refractivity contribution in [3.8, 4) is 0 Å². The maximum Gasteiger partial charge on any atom is 0.472 e. The monoisotopic (exact) mass is 1290 g/mol.